The van der Waals surface area contributed by atoms with Gasteiger partial charge in [-0.1, -0.05) is 42.5 Å². The molecule has 6 nitrogen and oxygen atoms in total. The Kier molecular flexibility index (Phi) is 5.25. The maximum absolute atomic E-state index is 13.8. The summed E-state index contributed by atoms with van der Waals surface area (Å²) in [6, 6.07) is 15.2. The van der Waals surface area contributed by atoms with E-state index < -0.39 is 11.8 Å². The molecular weight excluding hydrogens is 361 g/mol. The number of hydrogen-bond acceptors (Lipinski definition) is 3. The first-order valence-electron chi connectivity index (χ1n) is 9.37. The molecule has 0 aliphatic carbocycles. The molecule has 2 aromatic carbocycles. The van der Waals surface area contributed by atoms with Crippen LogP contribution in [-0.4, -0.2) is 53.6 Å². The summed E-state index contributed by atoms with van der Waals surface area (Å²) in [5.41, 5.74) is 1.17. The van der Waals surface area contributed by atoms with E-state index in [1.165, 1.54) is 12.1 Å². The van der Waals surface area contributed by atoms with Crippen molar-refractivity contribution in [3.05, 3.63) is 66.0 Å². The normalized spacial score (nSPS) is 22.0. The zero-order valence-corrected chi connectivity index (χ0v) is 15.4. The van der Waals surface area contributed by atoms with Crippen molar-refractivity contribution in [1.82, 2.24) is 9.80 Å². The molecule has 1 N–H and O–H groups in total. The molecule has 2 saturated heterocycles. The van der Waals surface area contributed by atoms with E-state index >= 15 is 0 Å². The van der Waals surface area contributed by atoms with Crippen molar-refractivity contribution >= 4 is 17.6 Å². The first-order valence-corrected chi connectivity index (χ1v) is 9.37. The average Bonchev–Trinajstić information content (AvgIpc) is 3.07. The number of para-hydroxylation sites is 1. The second-order valence-electron chi connectivity index (χ2n) is 7.05. The molecule has 2 aromatic rings. The molecule has 0 aromatic heterocycles. The summed E-state index contributed by atoms with van der Waals surface area (Å²) in [7, 11) is 0. The summed E-state index contributed by atoms with van der Waals surface area (Å²) >= 11 is 0. The number of benzene rings is 2. The van der Waals surface area contributed by atoms with E-state index in [0.29, 0.717) is 32.7 Å². The summed E-state index contributed by atoms with van der Waals surface area (Å²) in [5, 5.41) is 2.61. The second kappa shape index (κ2) is 7.98. The van der Waals surface area contributed by atoms with Crippen molar-refractivity contribution in [2.24, 2.45) is 0 Å². The van der Waals surface area contributed by atoms with Gasteiger partial charge in [0.25, 0.3) is 0 Å². The minimum absolute atomic E-state index is 0.0210. The highest BCUT2D eigenvalue weighted by Crippen LogP contribution is 2.26. The number of hydrogen-bond donors (Lipinski definition) is 1. The number of ether oxygens (including phenoxy) is 1. The first kappa shape index (κ1) is 18.4. The molecule has 2 heterocycles. The van der Waals surface area contributed by atoms with Gasteiger partial charge in [0.1, 0.15) is 5.82 Å². The third-order valence-electron chi connectivity index (χ3n) is 5.20. The molecule has 2 aliphatic rings. The van der Waals surface area contributed by atoms with Crippen LogP contribution in [0.1, 0.15) is 12.0 Å². The Morgan fingerprint density at radius 2 is 1.86 bits per heavy atom. The fraction of sp³-hybridized carbons (Fsp3) is 0.333. The van der Waals surface area contributed by atoms with Gasteiger partial charge < -0.3 is 19.9 Å². The van der Waals surface area contributed by atoms with Crippen LogP contribution < -0.4 is 5.32 Å². The van der Waals surface area contributed by atoms with Crippen LogP contribution in [0.15, 0.2) is 54.6 Å². The number of anilines is 1. The van der Waals surface area contributed by atoms with Crippen LogP contribution in [0, 0.1) is 5.82 Å². The number of likely N-dealkylation sites (tertiary alicyclic amines) is 1. The molecule has 3 amide bonds. The predicted molar refractivity (Wildman–Crippen MR) is 102 cm³/mol. The number of urea groups is 1. The Morgan fingerprint density at radius 3 is 2.64 bits per heavy atom. The fourth-order valence-electron chi connectivity index (χ4n) is 3.75. The Labute approximate surface area is 162 Å². The van der Waals surface area contributed by atoms with Gasteiger partial charge in [-0.2, -0.15) is 0 Å². The van der Waals surface area contributed by atoms with Crippen molar-refractivity contribution in [2.75, 3.05) is 25.0 Å². The van der Waals surface area contributed by atoms with E-state index in [1.807, 2.05) is 35.2 Å². The number of carbonyl (C=O) groups is 2. The van der Waals surface area contributed by atoms with Gasteiger partial charge in [-0.05, 0) is 17.7 Å². The van der Waals surface area contributed by atoms with Crippen molar-refractivity contribution in [3.8, 4) is 0 Å². The van der Waals surface area contributed by atoms with Crippen LogP contribution in [0.4, 0.5) is 14.9 Å². The number of halogens is 1. The minimum atomic E-state index is -0.485. The number of nitrogens with one attached hydrogen (secondary N) is 1. The number of amides is 3. The SMILES string of the molecule is O=C(Nc1ccccc1F)N1C[C@@H]2OCCC(=O)N(Cc3ccccc3)[C@H]2C1. The molecule has 0 spiro atoms. The van der Waals surface area contributed by atoms with Crippen LogP contribution >= 0.6 is 0 Å². The minimum Gasteiger partial charge on any atom is -0.374 e. The lowest BCUT2D eigenvalue weighted by atomic mass is 10.1. The summed E-state index contributed by atoms with van der Waals surface area (Å²) in [6.07, 6.45) is 0.0860. The standard InChI is InChI=1S/C21H22FN3O3/c22-16-8-4-5-9-17(16)23-21(27)24-13-18-19(14-24)28-11-10-20(26)25(18)12-15-6-2-1-3-7-15/h1-9,18-19H,10-14H2,(H,23,27)/t18-,19-/m0/s1. The molecular formula is C21H22FN3O3. The van der Waals surface area contributed by atoms with Crippen LogP contribution in [0.3, 0.4) is 0 Å². The highest BCUT2D eigenvalue weighted by molar-refractivity contribution is 5.90. The largest absolute Gasteiger partial charge is 0.374 e. The summed E-state index contributed by atoms with van der Waals surface area (Å²) in [6.45, 7) is 1.54. The first-order chi connectivity index (χ1) is 13.6. The van der Waals surface area contributed by atoms with Crippen molar-refractivity contribution in [1.29, 1.82) is 0 Å². The quantitative estimate of drug-likeness (QED) is 0.887. The highest BCUT2D eigenvalue weighted by atomic mass is 19.1. The Hall–Kier alpha value is -2.93. The van der Waals surface area contributed by atoms with Gasteiger partial charge in [0.15, 0.2) is 0 Å². The highest BCUT2D eigenvalue weighted by Gasteiger charge is 2.43. The third kappa shape index (κ3) is 3.84. The van der Waals surface area contributed by atoms with Gasteiger partial charge in [-0.3, -0.25) is 4.79 Å². The fourth-order valence-corrected chi connectivity index (χ4v) is 3.75. The third-order valence-corrected chi connectivity index (χ3v) is 5.20. The van der Waals surface area contributed by atoms with E-state index in [9.17, 15) is 14.0 Å². The van der Waals surface area contributed by atoms with E-state index in [2.05, 4.69) is 5.32 Å². The van der Waals surface area contributed by atoms with E-state index in [0.717, 1.165) is 5.56 Å². The number of fused-ring (bicyclic) bond motifs is 1. The lowest BCUT2D eigenvalue weighted by Crippen LogP contribution is -2.45. The zero-order valence-electron chi connectivity index (χ0n) is 15.4. The van der Waals surface area contributed by atoms with Crippen LogP contribution in [-0.2, 0) is 16.1 Å². The van der Waals surface area contributed by atoms with E-state index in [1.54, 1.807) is 17.0 Å². The molecule has 0 saturated carbocycles. The maximum atomic E-state index is 13.8. The van der Waals surface area contributed by atoms with E-state index in [4.69, 9.17) is 4.74 Å². The molecule has 2 aliphatic heterocycles. The molecule has 0 radical (unpaired) electrons. The molecule has 2 atom stereocenters. The molecule has 0 unspecified atom stereocenters. The Bertz CT molecular complexity index is 861. The molecule has 4 rings (SSSR count). The average molecular weight is 383 g/mol. The monoisotopic (exact) mass is 383 g/mol. The lowest BCUT2D eigenvalue weighted by molar-refractivity contribution is -0.133. The van der Waals surface area contributed by atoms with Gasteiger partial charge in [0.05, 0.1) is 37.4 Å². The Balaban J connectivity index is 1.49. The van der Waals surface area contributed by atoms with Gasteiger partial charge in [0.2, 0.25) is 5.91 Å². The van der Waals surface area contributed by atoms with Crippen LogP contribution in [0.25, 0.3) is 0 Å². The Morgan fingerprint density at radius 1 is 1.11 bits per heavy atom. The molecule has 146 valence electrons. The predicted octanol–water partition coefficient (Wildman–Crippen LogP) is 2.86. The maximum Gasteiger partial charge on any atom is 0.322 e. The smallest absolute Gasteiger partial charge is 0.322 e. The number of carbonyl (C=O) groups excluding carboxylic acids is 2. The lowest BCUT2D eigenvalue weighted by Gasteiger charge is -2.29. The zero-order chi connectivity index (χ0) is 19.5. The summed E-state index contributed by atoms with van der Waals surface area (Å²) in [5.74, 6) is -0.464. The summed E-state index contributed by atoms with van der Waals surface area (Å²) < 4.78 is 19.7. The topological polar surface area (TPSA) is 61.9 Å². The molecule has 2 fully saturated rings. The molecule has 7 heteroatoms. The molecule has 28 heavy (non-hydrogen) atoms. The van der Waals surface area contributed by atoms with Gasteiger partial charge in [-0.25, -0.2) is 9.18 Å². The van der Waals surface area contributed by atoms with Crippen LogP contribution in [0.5, 0.6) is 0 Å². The van der Waals surface area contributed by atoms with Crippen molar-refractivity contribution < 1.29 is 18.7 Å². The van der Waals surface area contributed by atoms with Crippen molar-refractivity contribution in [2.45, 2.75) is 25.1 Å². The second-order valence-corrected chi connectivity index (χ2v) is 7.05. The van der Waals surface area contributed by atoms with Crippen molar-refractivity contribution in [3.63, 3.8) is 0 Å². The summed E-state index contributed by atoms with van der Waals surface area (Å²) in [4.78, 5) is 28.7. The molecule has 0 bridgehead atoms. The number of rotatable bonds is 3. The van der Waals surface area contributed by atoms with Gasteiger partial charge in [0, 0.05) is 13.1 Å². The van der Waals surface area contributed by atoms with Gasteiger partial charge >= 0.3 is 6.03 Å². The number of nitrogens with zero attached hydrogens (tertiary/aromatic N) is 2. The van der Waals surface area contributed by atoms with Crippen LogP contribution in [0.2, 0.25) is 0 Å². The van der Waals surface area contributed by atoms with E-state index in [-0.39, 0.29) is 23.7 Å². The van der Waals surface area contributed by atoms with Gasteiger partial charge in [-0.15, -0.1) is 0 Å².